The Morgan fingerprint density at radius 3 is 2.38 bits per heavy atom. The van der Waals surface area contributed by atoms with Crippen LogP contribution in [0.3, 0.4) is 0 Å². The van der Waals surface area contributed by atoms with Crippen molar-refractivity contribution in [3.8, 4) is 0 Å². The Kier molecular flexibility index (Phi) is 6.36. The van der Waals surface area contributed by atoms with Crippen LogP contribution >= 0.6 is 23.2 Å². The van der Waals surface area contributed by atoms with Gasteiger partial charge in [0.25, 0.3) is 6.43 Å². The molecule has 1 N–H and O–H groups in total. The summed E-state index contributed by atoms with van der Waals surface area (Å²) in [5.41, 5.74) is 0.608. The third-order valence-corrected chi connectivity index (χ3v) is 5.91. The molecule has 4 nitrogen and oxygen atoms in total. The number of hydrogen-bond acceptors (Lipinski definition) is 3. The molecule has 1 rings (SSSR count). The zero-order valence-corrected chi connectivity index (χ0v) is 13.7. The number of aryl methyl sites for hydroxylation is 1. The van der Waals surface area contributed by atoms with Crippen LogP contribution in [0.15, 0.2) is 11.0 Å². The van der Waals surface area contributed by atoms with Crippen molar-refractivity contribution in [1.29, 1.82) is 0 Å². The van der Waals surface area contributed by atoms with E-state index in [-0.39, 0.29) is 20.5 Å². The highest BCUT2D eigenvalue weighted by Crippen LogP contribution is 2.35. The van der Waals surface area contributed by atoms with Crippen LogP contribution in [0.2, 0.25) is 10.0 Å². The van der Waals surface area contributed by atoms with Crippen molar-refractivity contribution < 1.29 is 22.3 Å². The Bertz CT molecular complexity index is 597. The third kappa shape index (κ3) is 4.04. The molecule has 1 aromatic rings. The standard InChI is InChI=1S/C12H15Cl2F2NO3S/c1-7-5-9(13)8(2)12(11(7)14)21(19,20)17(3-4-18)6-10(15)16/h5,10,18H,3-4,6H2,1-2H3. The van der Waals surface area contributed by atoms with Crippen molar-refractivity contribution in [3.05, 3.63) is 27.2 Å². The van der Waals surface area contributed by atoms with Gasteiger partial charge >= 0.3 is 0 Å². The molecule has 0 aliphatic heterocycles. The number of aliphatic hydroxyl groups is 1. The van der Waals surface area contributed by atoms with Gasteiger partial charge in [-0.25, -0.2) is 17.2 Å². The van der Waals surface area contributed by atoms with Gasteiger partial charge in [0, 0.05) is 11.6 Å². The van der Waals surface area contributed by atoms with Crippen molar-refractivity contribution in [3.63, 3.8) is 0 Å². The van der Waals surface area contributed by atoms with E-state index < -0.39 is 36.1 Å². The summed E-state index contributed by atoms with van der Waals surface area (Å²) in [7, 11) is -4.29. The lowest BCUT2D eigenvalue weighted by molar-refractivity contribution is 0.113. The van der Waals surface area contributed by atoms with E-state index in [0.29, 0.717) is 9.87 Å². The van der Waals surface area contributed by atoms with E-state index in [4.69, 9.17) is 28.3 Å². The second-order valence-electron chi connectivity index (χ2n) is 4.42. The van der Waals surface area contributed by atoms with Gasteiger partial charge in [0.2, 0.25) is 10.0 Å². The highest BCUT2D eigenvalue weighted by molar-refractivity contribution is 7.89. The minimum absolute atomic E-state index is 0.0610. The number of halogens is 4. The summed E-state index contributed by atoms with van der Waals surface area (Å²) in [5, 5.41) is 9.01. The minimum atomic E-state index is -4.29. The summed E-state index contributed by atoms with van der Waals surface area (Å²) in [6.45, 7) is 0.955. The first-order valence-electron chi connectivity index (χ1n) is 5.97. The summed E-state index contributed by atoms with van der Waals surface area (Å²) < 4.78 is 50.7. The smallest absolute Gasteiger partial charge is 0.252 e. The van der Waals surface area contributed by atoms with E-state index in [2.05, 4.69) is 0 Å². The molecule has 120 valence electrons. The number of rotatable bonds is 6. The van der Waals surface area contributed by atoms with Gasteiger partial charge in [0.05, 0.1) is 18.2 Å². The Morgan fingerprint density at radius 1 is 1.33 bits per heavy atom. The first kappa shape index (κ1) is 18.6. The fraction of sp³-hybridized carbons (Fsp3) is 0.500. The maximum Gasteiger partial charge on any atom is 0.252 e. The largest absolute Gasteiger partial charge is 0.395 e. The van der Waals surface area contributed by atoms with Crippen molar-refractivity contribution in [2.45, 2.75) is 25.2 Å². The van der Waals surface area contributed by atoms with Gasteiger partial charge in [-0.2, -0.15) is 4.31 Å². The molecule has 0 amide bonds. The van der Waals surface area contributed by atoms with Crippen LogP contribution in [0.4, 0.5) is 8.78 Å². The van der Waals surface area contributed by atoms with Gasteiger partial charge in [-0.3, -0.25) is 0 Å². The fourth-order valence-corrected chi connectivity index (χ4v) is 4.40. The van der Waals surface area contributed by atoms with Gasteiger partial charge in [-0.1, -0.05) is 23.2 Å². The molecule has 21 heavy (non-hydrogen) atoms. The molecule has 9 heteroatoms. The average molecular weight is 362 g/mol. The number of aliphatic hydroxyl groups excluding tert-OH is 1. The minimum Gasteiger partial charge on any atom is -0.395 e. The van der Waals surface area contributed by atoms with Crippen molar-refractivity contribution >= 4 is 33.2 Å². The molecule has 0 saturated carbocycles. The molecule has 0 atom stereocenters. The average Bonchev–Trinajstić information content (AvgIpc) is 2.35. The van der Waals surface area contributed by atoms with Crippen LogP contribution in [0.1, 0.15) is 11.1 Å². The second-order valence-corrected chi connectivity index (χ2v) is 7.08. The lowest BCUT2D eigenvalue weighted by Crippen LogP contribution is -2.37. The van der Waals surface area contributed by atoms with Crippen LogP contribution in [0, 0.1) is 13.8 Å². The Balaban J connectivity index is 3.48. The van der Waals surface area contributed by atoms with Crippen LogP contribution in [-0.2, 0) is 10.0 Å². The predicted octanol–water partition coefficient (Wildman–Crippen LogP) is 2.86. The van der Waals surface area contributed by atoms with Gasteiger partial charge < -0.3 is 5.11 Å². The normalized spacial score (nSPS) is 12.4. The molecular formula is C12H15Cl2F2NO3S. The Labute approximate surface area is 132 Å². The number of alkyl halides is 2. The number of sulfonamides is 1. The molecule has 0 heterocycles. The highest BCUT2D eigenvalue weighted by Gasteiger charge is 2.31. The van der Waals surface area contributed by atoms with E-state index in [9.17, 15) is 17.2 Å². The SMILES string of the molecule is Cc1cc(Cl)c(C)c(S(=O)(=O)N(CCO)CC(F)F)c1Cl. The van der Waals surface area contributed by atoms with Crippen LogP contribution < -0.4 is 0 Å². The lowest BCUT2D eigenvalue weighted by Gasteiger charge is -2.23. The van der Waals surface area contributed by atoms with E-state index in [1.54, 1.807) is 6.92 Å². The van der Waals surface area contributed by atoms with Crippen LogP contribution in [0.25, 0.3) is 0 Å². The molecular weight excluding hydrogens is 347 g/mol. The highest BCUT2D eigenvalue weighted by atomic mass is 35.5. The quantitative estimate of drug-likeness (QED) is 0.847. The van der Waals surface area contributed by atoms with Crippen molar-refractivity contribution in [1.82, 2.24) is 4.31 Å². The summed E-state index contributed by atoms with van der Waals surface area (Å²) in [6, 6.07) is 1.50. The summed E-state index contributed by atoms with van der Waals surface area (Å²) in [5.74, 6) is 0. The first-order chi connectivity index (χ1) is 9.62. The molecule has 0 fully saturated rings. The molecule has 0 saturated heterocycles. The number of nitrogens with zero attached hydrogens (tertiary/aromatic N) is 1. The van der Waals surface area contributed by atoms with E-state index >= 15 is 0 Å². The summed E-state index contributed by atoms with van der Waals surface area (Å²) in [6.07, 6.45) is -2.87. The molecule has 0 spiro atoms. The van der Waals surface area contributed by atoms with Gasteiger partial charge in [0.15, 0.2) is 0 Å². The van der Waals surface area contributed by atoms with Gasteiger partial charge in [-0.05, 0) is 31.0 Å². The molecule has 0 aliphatic rings. The van der Waals surface area contributed by atoms with Gasteiger partial charge in [-0.15, -0.1) is 0 Å². The molecule has 0 aromatic heterocycles. The zero-order valence-electron chi connectivity index (χ0n) is 11.4. The lowest BCUT2D eigenvalue weighted by atomic mass is 10.2. The molecule has 0 radical (unpaired) electrons. The van der Waals surface area contributed by atoms with Crippen LogP contribution in [-0.4, -0.2) is 44.0 Å². The molecule has 1 aromatic carbocycles. The van der Waals surface area contributed by atoms with Crippen molar-refractivity contribution in [2.75, 3.05) is 19.7 Å². The maximum atomic E-state index is 12.6. The van der Waals surface area contributed by atoms with E-state index in [1.807, 2.05) is 0 Å². The zero-order chi connectivity index (χ0) is 16.4. The molecule has 0 bridgehead atoms. The molecule has 0 aliphatic carbocycles. The monoisotopic (exact) mass is 361 g/mol. The third-order valence-electron chi connectivity index (χ3n) is 2.88. The number of hydrogen-bond donors (Lipinski definition) is 1. The summed E-state index contributed by atoms with van der Waals surface area (Å²) in [4.78, 5) is -0.303. The van der Waals surface area contributed by atoms with Crippen LogP contribution in [0.5, 0.6) is 0 Å². The molecule has 0 unspecified atom stereocenters. The predicted molar refractivity (Wildman–Crippen MR) is 77.8 cm³/mol. The van der Waals surface area contributed by atoms with Crippen molar-refractivity contribution in [2.24, 2.45) is 0 Å². The van der Waals surface area contributed by atoms with Gasteiger partial charge in [0.1, 0.15) is 4.90 Å². The topological polar surface area (TPSA) is 57.6 Å². The number of benzene rings is 1. The second kappa shape index (κ2) is 7.19. The van der Waals surface area contributed by atoms with E-state index in [0.717, 1.165) is 0 Å². The fourth-order valence-electron chi connectivity index (χ4n) is 1.82. The van der Waals surface area contributed by atoms with E-state index in [1.165, 1.54) is 13.0 Å². The Morgan fingerprint density at radius 2 is 1.90 bits per heavy atom. The Hall–Kier alpha value is -0.470. The first-order valence-corrected chi connectivity index (χ1v) is 8.16. The maximum absolute atomic E-state index is 12.6. The summed E-state index contributed by atoms with van der Waals surface area (Å²) >= 11 is 12.0.